The molecule has 1 aromatic rings. The second kappa shape index (κ2) is 7.03. The minimum atomic E-state index is -0.489. The molecule has 3 nitrogen and oxygen atoms in total. The van der Waals surface area contributed by atoms with Gasteiger partial charge in [-0.3, -0.25) is 0 Å². The smallest absolute Gasteiger partial charge is 0.0940 e. The van der Waals surface area contributed by atoms with Gasteiger partial charge in [0.25, 0.3) is 0 Å². The number of hydrogen-bond donors (Lipinski definition) is 2. The summed E-state index contributed by atoms with van der Waals surface area (Å²) >= 11 is 3.41. The molecule has 0 bridgehead atoms. The molecule has 0 spiro atoms. The highest BCUT2D eigenvalue weighted by Gasteiger charge is 2.27. The molecule has 0 amide bonds. The van der Waals surface area contributed by atoms with Crippen molar-refractivity contribution < 1.29 is 9.84 Å². The van der Waals surface area contributed by atoms with Crippen molar-refractivity contribution in [3.63, 3.8) is 0 Å². The van der Waals surface area contributed by atoms with Crippen LogP contribution in [0.3, 0.4) is 0 Å². The van der Waals surface area contributed by atoms with Crippen LogP contribution < -0.4 is 5.32 Å². The fourth-order valence-electron chi connectivity index (χ4n) is 2.95. The molecule has 112 valence electrons. The molecule has 0 aromatic heterocycles. The van der Waals surface area contributed by atoms with E-state index in [1.807, 2.05) is 31.2 Å². The fourth-order valence-corrected chi connectivity index (χ4v) is 3.22. The predicted molar refractivity (Wildman–Crippen MR) is 84.7 cm³/mol. The van der Waals surface area contributed by atoms with E-state index in [0.29, 0.717) is 6.04 Å². The van der Waals surface area contributed by atoms with Gasteiger partial charge in [0.2, 0.25) is 0 Å². The molecular weight excluding hydrogens is 318 g/mol. The van der Waals surface area contributed by atoms with Gasteiger partial charge < -0.3 is 15.2 Å². The van der Waals surface area contributed by atoms with Crippen LogP contribution in [-0.4, -0.2) is 29.4 Å². The van der Waals surface area contributed by atoms with Crippen molar-refractivity contribution in [1.29, 1.82) is 0 Å². The van der Waals surface area contributed by atoms with Crippen LogP contribution in [-0.2, 0) is 4.74 Å². The van der Waals surface area contributed by atoms with Gasteiger partial charge in [-0.05, 0) is 51.3 Å². The van der Waals surface area contributed by atoms with Crippen molar-refractivity contribution in [3.8, 4) is 0 Å². The largest absolute Gasteiger partial charge is 0.387 e. The minimum Gasteiger partial charge on any atom is -0.387 e. The van der Waals surface area contributed by atoms with Crippen LogP contribution in [0.1, 0.15) is 45.3 Å². The normalized spacial score (nSPS) is 29.9. The highest BCUT2D eigenvalue weighted by Crippen LogP contribution is 2.23. The van der Waals surface area contributed by atoms with Crippen molar-refractivity contribution in [2.75, 3.05) is 0 Å². The Morgan fingerprint density at radius 3 is 2.30 bits per heavy atom. The highest BCUT2D eigenvalue weighted by atomic mass is 79.9. The zero-order valence-corrected chi connectivity index (χ0v) is 13.9. The van der Waals surface area contributed by atoms with E-state index in [2.05, 4.69) is 35.1 Å². The van der Waals surface area contributed by atoms with Gasteiger partial charge in [0, 0.05) is 16.6 Å². The second-order valence-corrected chi connectivity index (χ2v) is 6.79. The zero-order chi connectivity index (χ0) is 14.7. The Balaban J connectivity index is 1.93. The third kappa shape index (κ3) is 4.29. The van der Waals surface area contributed by atoms with Crippen LogP contribution in [0.4, 0.5) is 0 Å². The van der Waals surface area contributed by atoms with E-state index in [1.54, 1.807) is 0 Å². The maximum Gasteiger partial charge on any atom is 0.0940 e. The van der Waals surface area contributed by atoms with E-state index < -0.39 is 6.10 Å². The average molecular weight is 342 g/mol. The molecule has 0 aliphatic carbocycles. The summed E-state index contributed by atoms with van der Waals surface area (Å²) in [6.07, 6.45) is 2.09. The molecule has 2 rings (SSSR count). The summed E-state index contributed by atoms with van der Waals surface area (Å²) < 4.78 is 6.78. The van der Waals surface area contributed by atoms with Crippen LogP contribution in [0.15, 0.2) is 28.7 Å². The molecule has 4 unspecified atom stereocenters. The van der Waals surface area contributed by atoms with Gasteiger partial charge in [-0.2, -0.15) is 0 Å². The number of benzene rings is 1. The van der Waals surface area contributed by atoms with E-state index in [4.69, 9.17) is 4.74 Å². The third-order valence-corrected chi connectivity index (χ3v) is 4.41. The quantitative estimate of drug-likeness (QED) is 0.881. The summed E-state index contributed by atoms with van der Waals surface area (Å²) in [4.78, 5) is 0. The minimum absolute atomic E-state index is 0.0266. The zero-order valence-electron chi connectivity index (χ0n) is 12.3. The molecular formula is C16H24BrNO2. The molecule has 1 saturated heterocycles. The van der Waals surface area contributed by atoms with Crippen LogP contribution in [0.2, 0.25) is 0 Å². The van der Waals surface area contributed by atoms with E-state index >= 15 is 0 Å². The summed E-state index contributed by atoms with van der Waals surface area (Å²) in [5.41, 5.74) is 0.946. The Labute approximate surface area is 129 Å². The lowest BCUT2D eigenvalue weighted by molar-refractivity contribution is -0.0458. The van der Waals surface area contributed by atoms with Gasteiger partial charge in [0.15, 0.2) is 0 Å². The third-order valence-electron chi connectivity index (χ3n) is 3.88. The molecule has 1 fully saturated rings. The van der Waals surface area contributed by atoms with Crippen molar-refractivity contribution >= 4 is 15.9 Å². The molecule has 20 heavy (non-hydrogen) atoms. The summed E-state index contributed by atoms with van der Waals surface area (Å²) in [6.45, 7) is 6.26. The van der Waals surface area contributed by atoms with E-state index in [1.165, 1.54) is 0 Å². The molecule has 0 radical (unpaired) electrons. The van der Waals surface area contributed by atoms with Crippen molar-refractivity contribution in [2.45, 2.75) is 64.0 Å². The van der Waals surface area contributed by atoms with E-state index in [9.17, 15) is 5.11 Å². The molecule has 1 heterocycles. The highest BCUT2D eigenvalue weighted by molar-refractivity contribution is 9.10. The lowest BCUT2D eigenvalue weighted by Crippen LogP contribution is -2.46. The average Bonchev–Trinajstić information content (AvgIpc) is 2.37. The number of aliphatic hydroxyl groups excluding tert-OH is 1. The lowest BCUT2D eigenvalue weighted by Gasteiger charge is -2.35. The first-order chi connectivity index (χ1) is 9.45. The molecule has 2 N–H and O–H groups in total. The molecule has 1 aliphatic heterocycles. The van der Waals surface area contributed by atoms with Crippen LogP contribution >= 0.6 is 15.9 Å². The molecule has 4 atom stereocenters. The summed E-state index contributed by atoms with van der Waals surface area (Å²) in [5.74, 6) is 0. The van der Waals surface area contributed by atoms with E-state index in [-0.39, 0.29) is 18.2 Å². The Kier molecular flexibility index (Phi) is 5.61. The number of ether oxygens (including phenoxy) is 1. The fraction of sp³-hybridized carbons (Fsp3) is 0.625. The maximum absolute atomic E-state index is 10.4. The van der Waals surface area contributed by atoms with Gasteiger partial charge in [-0.15, -0.1) is 0 Å². The van der Waals surface area contributed by atoms with Crippen molar-refractivity contribution in [1.82, 2.24) is 5.32 Å². The Hall–Kier alpha value is -0.420. The SMILES string of the molecule is CC1CC(NC(C)C(O)c2ccc(Br)cc2)CC(C)O1. The number of hydrogen-bond acceptors (Lipinski definition) is 3. The molecule has 4 heteroatoms. The lowest BCUT2D eigenvalue weighted by atomic mass is 9.97. The van der Waals surface area contributed by atoms with Crippen LogP contribution in [0.25, 0.3) is 0 Å². The first-order valence-electron chi connectivity index (χ1n) is 7.30. The summed E-state index contributed by atoms with van der Waals surface area (Å²) in [7, 11) is 0. The monoisotopic (exact) mass is 341 g/mol. The van der Waals surface area contributed by atoms with Gasteiger partial charge in [0.1, 0.15) is 0 Å². The van der Waals surface area contributed by atoms with Crippen LogP contribution in [0, 0.1) is 0 Å². The predicted octanol–water partition coefficient (Wildman–Crippen LogP) is 3.42. The molecule has 1 aromatic carbocycles. The number of rotatable bonds is 4. The Morgan fingerprint density at radius 1 is 1.20 bits per heavy atom. The van der Waals surface area contributed by atoms with Crippen LogP contribution in [0.5, 0.6) is 0 Å². The summed E-state index contributed by atoms with van der Waals surface area (Å²) in [6, 6.07) is 8.28. The van der Waals surface area contributed by atoms with Crippen molar-refractivity contribution in [3.05, 3.63) is 34.3 Å². The van der Waals surface area contributed by atoms with Gasteiger partial charge in [0.05, 0.1) is 18.3 Å². The topological polar surface area (TPSA) is 41.5 Å². The number of halogens is 1. The first kappa shape index (κ1) is 16.0. The first-order valence-corrected chi connectivity index (χ1v) is 8.10. The number of nitrogens with one attached hydrogen (secondary N) is 1. The molecule has 1 aliphatic rings. The van der Waals surface area contributed by atoms with Gasteiger partial charge in [-0.25, -0.2) is 0 Å². The second-order valence-electron chi connectivity index (χ2n) is 5.88. The Bertz CT molecular complexity index is 413. The van der Waals surface area contributed by atoms with Gasteiger partial charge in [-0.1, -0.05) is 28.1 Å². The van der Waals surface area contributed by atoms with Crippen molar-refractivity contribution in [2.24, 2.45) is 0 Å². The van der Waals surface area contributed by atoms with E-state index in [0.717, 1.165) is 22.9 Å². The maximum atomic E-state index is 10.4. The van der Waals surface area contributed by atoms with Gasteiger partial charge >= 0.3 is 0 Å². The standard InChI is InChI=1S/C16H24BrNO2/c1-10-8-15(9-11(2)20-10)18-12(3)16(19)13-4-6-14(17)7-5-13/h4-7,10-12,15-16,18-19H,8-9H2,1-3H3. The Morgan fingerprint density at radius 2 is 1.75 bits per heavy atom. The molecule has 0 saturated carbocycles. The number of aliphatic hydroxyl groups is 1. The summed E-state index contributed by atoms with van der Waals surface area (Å²) in [5, 5.41) is 14.0.